The summed E-state index contributed by atoms with van der Waals surface area (Å²) in [6, 6.07) is 5.37. The molecule has 0 atom stereocenters. The van der Waals surface area contributed by atoms with Gasteiger partial charge in [0.25, 0.3) is 6.43 Å². The normalized spacial score (nSPS) is 17.9. The topological polar surface area (TPSA) is 9.23 Å². The number of benzene rings is 1. The third-order valence-corrected chi connectivity index (χ3v) is 3.52. The number of rotatable bonds is 3. The van der Waals surface area contributed by atoms with Gasteiger partial charge >= 0.3 is 0 Å². The van der Waals surface area contributed by atoms with Gasteiger partial charge in [-0.15, -0.1) is 0 Å². The lowest BCUT2D eigenvalue weighted by molar-refractivity contribution is -0.00781. The van der Waals surface area contributed by atoms with Gasteiger partial charge in [-0.25, -0.2) is 8.78 Å². The molecule has 0 radical (unpaired) electrons. The molecule has 0 aromatic heterocycles. The number of hydrogen-bond donors (Lipinski definition) is 0. The first-order chi connectivity index (χ1) is 8.26. The molecule has 1 fully saturated rings. The van der Waals surface area contributed by atoms with E-state index in [9.17, 15) is 8.78 Å². The molecule has 0 unspecified atom stereocenters. The van der Waals surface area contributed by atoms with Crippen molar-refractivity contribution in [1.29, 1.82) is 0 Å². The van der Waals surface area contributed by atoms with Crippen molar-refractivity contribution in [2.75, 3.05) is 0 Å². The molecule has 0 N–H and O–H groups in total. The van der Waals surface area contributed by atoms with Gasteiger partial charge in [0.15, 0.2) is 5.60 Å². The van der Waals surface area contributed by atoms with Gasteiger partial charge < -0.3 is 4.74 Å². The number of alkyl halides is 2. The minimum atomic E-state index is -2.47. The van der Waals surface area contributed by atoms with E-state index in [-0.39, 0.29) is 5.41 Å². The van der Waals surface area contributed by atoms with Crippen molar-refractivity contribution in [3.8, 4) is 5.75 Å². The lowest BCUT2D eigenvalue weighted by atomic mass is 9.86. The zero-order valence-corrected chi connectivity index (χ0v) is 11.5. The predicted octanol–water partition coefficient (Wildman–Crippen LogP) is 4.81. The average Bonchev–Trinajstić information content (AvgIpc) is 3.00. The second kappa shape index (κ2) is 4.37. The van der Waals surface area contributed by atoms with E-state index in [1.165, 1.54) is 0 Å². The summed E-state index contributed by atoms with van der Waals surface area (Å²) in [6.07, 6.45) is -1.69. The molecule has 0 amide bonds. The highest BCUT2D eigenvalue weighted by molar-refractivity contribution is 6.32. The standard InChI is InChI=1S/C14H17ClF2O/c1-13(2,3)9-5-4-6-10(15)11(9)18-14(7-8-14)12(16)17/h4-6,12H,7-8H2,1-3H3. The molecule has 1 aliphatic carbocycles. The van der Waals surface area contributed by atoms with Crippen LogP contribution in [0.5, 0.6) is 5.75 Å². The Kier molecular flexibility index (Phi) is 3.30. The Bertz CT molecular complexity index is 448. The highest BCUT2D eigenvalue weighted by atomic mass is 35.5. The second-order valence-electron chi connectivity index (χ2n) is 5.83. The van der Waals surface area contributed by atoms with E-state index >= 15 is 0 Å². The summed E-state index contributed by atoms with van der Waals surface area (Å²) in [6.45, 7) is 6.02. The lowest BCUT2D eigenvalue weighted by Crippen LogP contribution is -2.29. The zero-order chi connectivity index (χ0) is 13.6. The summed E-state index contributed by atoms with van der Waals surface area (Å²) in [7, 11) is 0. The molecule has 2 rings (SSSR count). The molecule has 0 heterocycles. The van der Waals surface area contributed by atoms with Crippen LogP contribution in [0.2, 0.25) is 5.02 Å². The summed E-state index contributed by atoms with van der Waals surface area (Å²) < 4.78 is 31.5. The fraction of sp³-hybridized carbons (Fsp3) is 0.571. The molecule has 0 aliphatic heterocycles. The number of para-hydroxylation sites is 1. The highest BCUT2D eigenvalue weighted by Crippen LogP contribution is 2.48. The maximum atomic E-state index is 13.0. The first kappa shape index (κ1) is 13.6. The van der Waals surface area contributed by atoms with Gasteiger partial charge in [-0.3, -0.25) is 0 Å². The lowest BCUT2D eigenvalue weighted by Gasteiger charge is -2.26. The van der Waals surface area contributed by atoms with Crippen molar-refractivity contribution in [2.45, 2.75) is 51.1 Å². The van der Waals surface area contributed by atoms with Crippen LogP contribution in [0.15, 0.2) is 18.2 Å². The van der Waals surface area contributed by atoms with E-state index in [4.69, 9.17) is 16.3 Å². The molecule has 0 bridgehead atoms. The van der Waals surface area contributed by atoms with Crippen molar-refractivity contribution < 1.29 is 13.5 Å². The SMILES string of the molecule is CC(C)(C)c1cccc(Cl)c1OC1(C(F)F)CC1. The van der Waals surface area contributed by atoms with Gasteiger partial charge in [-0.05, 0) is 24.3 Å². The van der Waals surface area contributed by atoms with Crippen molar-refractivity contribution in [1.82, 2.24) is 0 Å². The molecule has 1 nitrogen and oxygen atoms in total. The van der Waals surface area contributed by atoms with Crippen molar-refractivity contribution in [3.05, 3.63) is 28.8 Å². The van der Waals surface area contributed by atoms with Crippen LogP contribution in [0.25, 0.3) is 0 Å². The summed E-state index contributed by atoms with van der Waals surface area (Å²) in [5, 5.41) is 0.398. The van der Waals surface area contributed by atoms with Gasteiger partial charge in [0, 0.05) is 5.56 Å². The van der Waals surface area contributed by atoms with Crippen LogP contribution in [0.4, 0.5) is 8.78 Å². The maximum Gasteiger partial charge on any atom is 0.277 e. The van der Waals surface area contributed by atoms with E-state index < -0.39 is 12.0 Å². The van der Waals surface area contributed by atoms with E-state index in [1.807, 2.05) is 32.9 Å². The Labute approximate surface area is 111 Å². The monoisotopic (exact) mass is 274 g/mol. The first-order valence-electron chi connectivity index (χ1n) is 6.02. The predicted molar refractivity (Wildman–Crippen MR) is 68.7 cm³/mol. The fourth-order valence-electron chi connectivity index (χ4n) is 1.89. The van der Waals surface area contributed by atoms with Crippen LogP contribution < -0.4 is 4.74 Å². The van der Waals surface area contributed by atoms with Crippen LogP contribution in [0.1, 0.15) is 39.2 Å². The molecule has 1 aromatic rings. The first-order valence-corrected chi connectivity index (χ1v) is 6.40. The van der Waals surface area contributed by atoms with Crippen molar-refractivity contribution in [2.24, 2.45) is 0 Å². The number of ether oxygens (including phenoxy) is 1. The van der Waals surface area contributed by atoms with Gasteiger partial charge in [-0.1, -0.05) is 44.5 Å². The number of halogens is 3. The Morgan fingerprint density at radius 3 is 2.33 bits per heavy atom. The van der Waals surface area contributed by atoms with Gasteiger partial charge in [0.1, 0.15) is 5.75 Å². The summed E-state index contributed by atoms with van der Waals surface area (Å²) in [5.41, 5.74) is -0.648. The molecule has 4 heteroatoms. The van der Waals surface area contributed by atoms with Gasteiger partial charge in [0.05, 0.1) is 5.02 Å². The third-order valence-electron chi connectivity index (χ3n) is 3.22. The zero-order valence-electron chi connectivity index (χ0n) is 10.8. The Morgan fingerprint density at radius 1 is 1.28 bits per heavy atom. The Balaban J connectivity index is 2.38. The summed E-state index contributed by atoms with van der Waals surface area (Å²) in [5.74, 6) is 0.407. The van der Waals surface area contributed by atoms with Crippen LogP contribution in [0.3, 0.4) is 0 Å². The fourth-order valence-corrected chi connectivity index (χ4v) is 2.11. The highest BCUT2D eigenvalue weighted by Gasteiger charge is 2.54. The molecule has 1 aliphatic rings. The molecular weight excluding hydrogens is 258 g/mol. The van der Waals surface area contributed by atoms with E-state index in [1.54, 1.807) is 6.07 Å². The van der Waals surface area contributed by atoms with E-state index in [2.05, 4.69) is 0 Å². The average molecular weight is 275 g/mol. The molecule has 1 aromatic carbocycles. The molecule has 100 valence electrons. The molecule has 18 heavy (non-hydrogen) atoms. The van der Waals surface area contributed by atoms with Crippen LogP contribution in [0, 0.1) is 0 Å². The van der Waals surface area contributed by atoms with E-state index in [0.29, 0.717) is 23.6 Å². The molecular formula is C14H17ClF2O. The summed E-state index contributed by atoms with van der Waals surface area (Å²) in [4.78, 5) is 0. The van der Waals surface area contributed by atoms with Crippen LogP contribution in [-0.2, 0) is 5.41 Å². The minimum Gasteiger partial charge on any atom is -0.479 e. The Hall–Kier alpha value is -0.830. The summed E-state index contributed by atoms with van der Waals surface area (Å²) >= 11 is 6.10. The quantitative estimate of drug-likeness (QED) is 0.768. The third kappa shape index (κ3) is 2.46. The maximum absolute atomic E-state index is 13.0. The molecule has 0 saturated heterocycles. The van der Waals surface area contributed by atoms with Crippen molar-refractivity contribution in [3.63, 3.8) is 0 Å². The van der Waals surface area contributed by atoms with Crippen LogP contribution in [-0.4, -0.2) is 12.0 Å². The van der Waals surface area contributed by atoms with E-state index in [0.717, 1.165) is 5.56 Å². The van der Waals surface area contributed by atoms with Crippen molar-refractivity contribution >= 4 is 11.6 Å². The molecule has 1 saturated carbocycles. The Morgan fingerprint density at radius 2 is 1.89 bits per heavy atom. The number of hydrogen-bond acceptors (Lipinski definition) is 1. The minimum absolute atomic E-state index is 0.196. The van der Waals surface area contributed by atoms with Crippen LogP contribution >= 0.6 is 11.6 Å². The second-order valence-corrected chi connectivity index (χ2v) is 6.24. The largest absolute Gasteiger partial charge is 0.479 e. The van der Waals surface area contributed by atoms with Gasteiger partial charge in [0.2, 0.25) is 0 Å². The van der Waals surface area contributed by atoms with Gasteiger partial charge in [-0.2, -0.15) is 0 Å². The smallest absolute Gasteiger partial charge is 0.277 e. The molecule has 0 spiro atoms.